The number of hydrogen-bond acceptors (Lipinski definition) is 3. The van der Waals surface area contributed by atoms with Crippen LogP contribution in [-0.4, -0.2) is 29.0 Å². The van der Waals surface area contributed by atoms with Gasteiger partial charge in [0.1, 0.15) is 5.82 Å². The maximum Gasteiger partial charge on any atom is 0.130 e. The Labute approximate surface area is 116 Å². The topological polar surface area (TPSA) is 28.2 Å². The monoisotopic (exact) mass is 259 g/mol. The van der Waals surface area contributed by atoms with Crippen molar-refractivity contribution in [3.05, 3.63) is 23.9 Å². The molecule has 1 aliphatic carbocycles. The summed E-state index contributed by atoms with van der Waals surface area (Å²) in [6.07, 6.45) is 9.86. The third-order valence-electron chi connectivity index (χ3n) is 4.66. The van der Waals surface area contributed by atoms with Crippen LogP contribution in [0.15, 0.2) is 18.3 Å². The molecule has 0 radical (unpaired) electrons. The van der Waals surface area contributed by atoms with Crippen LogP contribution in [0.3, 0.4) is 0 Å². The van der Waals surface area contributed by atoms with Crippen LogP contribution in [0, 0.1) is 0 Å². The van der Waals surface area contributed by atoms with E-state index in [0.29, 0.717) is 12.1 Å². The Morgan fingerprint density at radius 3 is 2.89 bits per heavy atom. The third-order valence-corrected chi connectivity index (χ3v) is 4.66. The van der Waals surface area contributed by atoms with Gasteiger partial charge in [0.25, 0.3) is 0 Å². The molecule has 1 aliphatic heterocycles. The van der Waals surface area contributed by atoms with Crippen molar-refractivity contribution in [3.63, 3.8) is 0 Å². The van der Waals surface area contributed by atoms with Crippen LogP contribution < -0.4 is 5.32 Å². The number of likely N-dealkylation sites (tertiary alicyclic amines) is 1. The summed E-state index contributed by atoms with van der Waals surface area (Å²) in [7, 11) is 0. The second kappa shape index (κ2) is 5.91. The first-order valence-corrected chi connectivity index (χ1v) is 7.84. The van der Waals surface area contributed by atoms with Gasteiger partial charge < -0.3 is 5.32 Å². The summed E-state index contributed by atoms with van der Waals surface area (Å²) in [5, 5.41) is 3.65. The van der Waals surface area contributed by atoms with E-state index in [2.05, 4.69) is 34.3 Å². The van der Waals surface area contributed by atoms with Gasteiger partial charge in [-0.15, -0.1) is 0 Å². The molecule has 1 saturated carbocycles. The molecule has 1 N–H and O–H groups in total. The Morgan fingerprint density at radius 1 is 1.26 bits per heavy atom. The normalized spacial score (nSPS) is 25.0. The molecule has 1 aromatic rings. The van der Waals surface area contributed by atoms with Gasteiger partial charge in [-0.1, -0.05) is 19.4 Å². The predicted molar refractivity (Wildman–Crippen MR) is 79.3 cm³/mol. The minimum atomic E-state index is 0.565. The van der Waals surface area contributed by atoms with Gasteiger partial charge >= 0.3 is 0 Å². The van der Waals surface area contributed by atoms with Crippen molar-refractivity contribution in [1.82, 2.24) is 9.88 Å². The maximum absolute atomic E-state index is 4.61. The van der Waals surface area contributed by atoms with Crippen molar-refractivity contribution in [2.24, 2.45) is 0 Å². The first-order chi connectivity index (χ1) is 9.38. The molecule has 3 heteroatoms. The molecule has 19 heavy (non-hydrogen) atoms. The summed E-state index contributed by atoms with van der Waals surface area (Å²) >= 11 is 0. The zero-order valence-corrected chi connectivity index (χ0v) is 11.9. The van der Waals surface area contributed by atoms with Gasteiger partial charge in [0.2, 0.25) is 0 Å². The van der Waals surface area contributed by atoms with Gasteiger partial charge in [-0.05, 0) is 51.3 Å². The van der Waals surface area contributed by atoms with Crippen molar-refractivity contribution < 1.29 is 0 Å². The Balaban J connectivity index is 1.81. The largest absolute Gasteiger partial charge is 0.367 e. The molecule has 1 saturated heterocycles. The minimum absolute atomic E-state index is 0.565. The van der Waals surface area contributed by atoms with E-state index in [0.717, 1.165) is 12.4 Å². The average molecular weight is 259 g/mol. The van der Waals surface area contributed by atoms with E-state index in [9.17, 15) is 0 Å². The zero-order chi connectivity index (χ0) is 13.1. The van der Waals surface area contributed by atoms with Crippen LogP contribution in [-0.2, 0) is 0 Å². The Hall–Kier alpha value is -1.09. The van der Waals surface area contributed by atoms with Gasteiger partial charge in [-0.3, -0.25) is 4.90 Å². The molecule has 1 unspecified atom stereocenters. The summed E-state index contributed by atoms with van der Waals surface area (Å²) in [5.74, 6) is 1.14. The van der Waals surface area contributed by atoms with Crippen LogP contribution in [0.2, 0.25) is 0 Å². The number of hydrogen-bond donors (Lipinski definition) is 1. The molecule has 2 heterocycles. The molecule has 0 spiro atoms. The summed E-state index contributed by atoms with van der Waals surface area (Å²) in [6, 6.07) is 5.58. The first-order valence-electron chi connectivity index (χ1n) is 7.84. The minimum Gasteiger partial charge on any atom is -0.367 e. The lowest BCUT2D eigenvalue weighted by Crippen LogP contribution is -2.34. The second-order valence-corrected chi connectivity index (χ2v) is 5.85. The number of piperidine rings is 1. The highest BCUT2D eigenvalue weighted by molar-refractivity contribution is 5.47. The van der Waals surface area contributed by atoms with Crippen molar-refractivity contribution in [2.75, 3.05) is 18.4 Å². The predicted octanol–water partition coefficient (Wildman–Crippen LogP) is 3.59. The van der Waals surface area contributed by atoms with E-state index in [-0.39, 0.29) is 0 Å². The molecular formula is C16H25N3. The fourth-order valence-corrected chi connectivity index (χ4v) is 3.27. The van der Waals surface area contributed by atoms with Crippen molar-refractivity contribution in [3.8, 4) is 0 Å². The smallest absolute Gasteiger partial charge is 0.130 e. The van der Waals surface area contributed by atoms with Crippen LogP contribution >= 0.6 is 0 Å². The molecule has 0 amide bonds. The quantitative estimate of drug-likeness (QED) is 0.895. The third kappa shape index (κ3) is 2.76. The first kappa shape index (κ1) is 12.9. The second-order valence-electron chi connectivity index (χ2n) is 5.85. The molecule has 2 aliphatic rings. The van der Waals surface area contributed by atoms with E-state index in [1.54, 1.807) is 0 Å². The molecule has 0 bridgehead atoms. The highest BCUT2D eigenvalue weighted by atomic mass is 15.2. The SMILES string of the molecule is CCN1CCCCC1c1cccnc1NC1CCC1. The lowest BCUT2D eigenvalue weighted by atomic mass is 9.91. The summed E-state index contributed by atoms with van der Waals surface area (Å²) in [6.45, 7) is 4.65. The Bertz CT molecular complexity index is 414. The molecule has 3 rings (SSSR count). The number of nitrogens with zero attached hydrogens (tertiary/aromatic N) is 2. The van der Waals surface area contributed by atoms with Crippen molar-refractivity contribution >= 4 is 5.82 Å². The summed E-state index contributed by atoms with van der Waals surface area (Å²) in [4.78, 5) is 7.21. The summed E-state index contributed by atoms with van der Waals surface area (Å²) in [5.41, 5.74) is 1.41. The Kier molecular flexibility index (Phi) is 4.02. The Morgan fingerprint density at radius 2 is 2.16 bits per heavy atom. The molecule has 1 aromatic heterocycles. The van der Waals surface area contributed by atoms with Crippen LogP contribution in [0.4, 0.5) is 5.82 Å². The van der Waals surface area contributed by atoms with Gasteiger partial charge in [0, 0.05) is 23.8 Å². The number of nitrogens with one attached hydrogen (secondary N) is 1. The highest BCUT2D eigenvalue weighted by Crippen LogP contribution is 2.35. The molecule has 1 atom stereocenters. The molecule has 3 nitrogen and oxygen atoms in total. The van der Waals surface area contributed by atoms with E-state index in [1.807, 2.05) is 6.20 Å². The van der Waals surface area contributed by atoms with Crippen molar-refractivity contribution in [1.29, 1.82) is 0 Å². The standard InChI is InChI=1S/C16H25N3/c1-2-19-12-4-3-10-15(19)14-9-6-11-17-16(14)18-13-7-5-8-13/h6,9,11,13,15H,2-5,7-8,10,12H2,1H3,(H,17,18). The van der Waals surface area contributed by atoms with Gasteiger partial charge in [-0.2, -0.15) is 0 Å². The van der Waals surface area contributed by atoms with Crippen LogP contribution in [0.1, 0.15) is 57.1 Å². The number of anilines is 1. The molecular weight excluding hydrogens is 234 g/mol. The molecule has 2 fully saturated rings. The lowest BCUT2D eigenvalue weighted by molar-refractivity contribution is 0.157. The van der Waals surface area contributed by atoms with E-state index in [1.165, 1.54) is 50.6 Å². The number of rotatable bonds is 4. The van der Waals surface area contributed by atoms with Gasteiger partial charge in [0.05, 0.1) is 0 Å². The zero-order valence-electron chi connectivity index (χ0n) is 11.9. The molecule has 104 valence electrons. The molecule has 0 aromatic carbocycles. The van der Waals surface area contributed by atoms with Crippen LogP contribution in [0.5, 0.6) is 0 Å². The van der Waals surface area contributed by atoms with Gasteiger partial charge in [-0.25, -0.2) is 4.98 Å². The lowest BCUT2D eigenvalue weighted by Gasteiger charge is -2.37. The number of aromatic nitrogens is 1. The van der Waals surface area contributed by atoms with E-state index < -0.39 is 0 Å². The summed E-state index contributed by atoms with van der Waals surface area (Å²) < 4.78 is 0. The fourth-order valence-electron chi connectivity index (χ4n) is 3.27. The fraction of sp³-hybridized carbons (Fsp3) is 0.688. The average Bonchev–Trinajstić information content (AvgIpc) is 2.43. The highest BCUT2D eigenvalue weighted by Gasteiger charge is 2.26. The van der Waals surface area contributed by atoms with Gasteiger partial charge in [0.15, 0.2) is 0 Å². The maximum atomic E-state index is 4.61. The van der Waals surface area contributed by atoms with E-state index >= 15 is 0 Å². The van der Waals surface area contributed by atoms with Crippen molar-refractivity contribution in [2.45, 2.75) is 57.5 Å². The van der Waals surface area contributed by atoms with Crippen LogP contribution in [0.25, 0.3) is 0 Å². The number of pyridine rings is 1. The van der Waals surface area contributed by atoms with E-state index in [4.69, 9.17) is 0 Å².